The van der Waals surface area contributed by atoms with E-state index < -0.39 is 32.1 Å². The van der Waals surface area contributed by atoms with Gasteiger partial charge < -0.3 is 5.32 Å². The first-order valence-corrected chi connectivity index (χ1v) is 7.50. The van der Waals surface area contributed by atoms with Crippen LogP contribution in [0, 0.1) is 11.6 Å². The predicted octanol–water partition coefficient (Wildman–Crippen LogP) is 1.39. The second-order valence-corrected chi connectivity index (χ2v) is 6.64. The fraction of sp³-hybridized carbons (Fsp3) is 0.500. The summed E-state index contributed by atoms with van der Waals surface area (Å²) in [5, 5.41) is 3.12. The molecule has 1 aromatic rings. The lowest BCUT2D eigenvalue weighted by molar-refractivity contribution is 0.307. The maximum atomic E-state index is 13.5. The van der Waals surface area contributed by atoms with Crippen molar-refractivity contribution in [1.82, 2.24) is 10.0 Å². The first-order chi connectivity index (χ1) is 8.82. The quantitative estimate of drug-likeness (QED) is 0.884. The van der Waals surface area contributed by atoms with Crippen LogP contribution in [-0.4, -0.2) is 27.0 Å². The van der Waals surface area contributed by atoms with Gasteiger partial charge in [0.2, 0.25) is 10.0 Å². The minimum atomic E-state index is -4.06. The Hall–Kier alpha value is -1.05. The van der Waals surface area contributed by atoms with Gasteiger partial charge in [-0.1, -0.05) is 0 Å². The average Bonchev–Trinajstić information content (AvgIpc) is 2.31. The molecule has 1 aromatic carbocycles. The lowest BCUT2D eigenvalue weighted by atomic mass is 9.92. The van der Waals surface area contributed by atoms with E-state index >= 15 is 0 Å². The van der Waals surface area contributed by atoms with E-state index in [2.05, 4.69) is 10.0 Å². The molecule has 0 amide bonds. The van der Waals surface area contributed by atoms with E-state index in [1.807, 2.05) is 0 Å². The Morgan fingerprint density at radius 3 is 2.53 bits per heavy atom. The summed E-state index contributed by atoms with van der Waals surface area (Å²) in [5.74, 6) is -1.73. The molecule has 1 aliphatic heterocycles. The average molecular weight is 290 g/mol. The number of hydrogen-bond donors (Lipinski definition) is 2. The summed E-state index contributed by atoms with van der Waals surface area (Å²) in [7, 11) is -4.06. The van der Waals surface area contributed by atoms with Gasteiger partial charge in [-0.3, -0.25) is 0 Å². The fourth-order valence-electron chi connectivity index (χ4n) is 2.14. The molecule has 4 nitrogen and oxygen atoms in total. The molecule has 106 valence electrons. The summed E-state index contributed by atoms with van der Waals surface area (Å²) < 4.78 is 53.4. The molecule has 1 aliphatic rings. The van der Waals surface area contributed by atoms with Gasteiger partial charge in [0.1, 0.15) is 16.5 Å². The number of halogens is 2. The number of piperidine rings is 1. The van der Waals surface area contributed by atoms with Crippen molar-refractivity contribution < 1.29 is 17.2 Å². The van der Waals surface area contributed by atoms with E-state index in [1.54, 1.807) is 6.92 Å². The third-order valence-electron chi connectivity index (χ3n) is 3.27. The molecule has 0 radical (unpaired) electrons. The third kappa shape index (κ3) is 3.29. The third-order valence-corrected chi connectivity index (χ3v) is 4.92. The Morgan fingerprint density at radius 2 is 1.89 bits per heavy atom. The van der Waals surface area contributed by atoms with Crippen LogP contribution in [0.25, 0.3) is 0 Å². The molecule has 0 bridgehead atoms. The zero-order chi connectivity index (χ0) is 14.1. The van der Waals surface area contributed by atoms with Crippen LogP contribution in [0.3, 0.4) is 0 Å². The topological polar surface area (TPSA) is 58.2 Å². The van der Waals surface area contributed by atoms with Gasteiger partial charge in [0.25, 0.3) is 0 Å². The summed E-state index contributed by atoms with van der Waals surface area (Å²) in [5.41, 5.74) is -0.636. The summed E-state index contributed by atoms with van der Waals surface area (Å²) in [4.78, 5) is -0.646. The maximum Gasteiger partial charge on any atom is 0.244 e. The molecule has 0 unspecified atom stereocenters. The standard InChI is InChI=1S/C12H16F2N2O2S/c1-12(4-6-15-7-5-12)16-19(17,18)11-8-9(13)2-3-10(11)14/h2-3,8,15-16H,4-7H2,1H3. The molecule has 0 aliphatic carbocycles. The van der Waals surface area contributed by atoms with Crippen LogP contribution in [0.1, 0.15) is 19.8 Å². The highest BCUT2D eigenvalue weighted by Crippen LogP contribution is 2.23. The SMILES string of the molecule is CC1(NS(=O)(=O)c2cc(F)ccc2F)CCNCC1. The lowest BCUT2D eigenvalue weighted by Crippen LogP contribution is -2.52. The van der Waals surface area contributed by atoms with Crippen LogP contribution in [0.15, 0.2) is 23.1 Å². The first kappa shape index (κ1) is 14.4. The molecule has 2 rings (SSSR count). The van der Waals surface area contributed by atoms with Crippen molar-refractivity contribution in [3.8, 4) is 0 Å². The van der Waals surface area contributed by atoms with Gasteiger partial charge >= 0.3 is 0 Å². The second-order valence-electron chi connectivity index (χ2n) is 4.99. The summed E-state index contributed by atoms with van der Waals surface area (Å²) in [6.45, 7) is 3.14. The highest BCUT2D eigenvalue weighted by molar-refractivity contribution is 7.89. The van der Waals surface area contributed by atoms with Crippen LogP contribution in [0.2, 0.25) is 0 Å². The van der Waals surface area contributed by atoms with Crippen LogP contribution < -0.4 is 10.0 Å². The normalized spacial score (nSPS) is 19.3. The van der Waals surface area contributed by atoms with Gasteiger partial charge in [-0.15, -0.1) is 0 Å². The van der Waals surface area contributed by atoms with Crippen LogP contribution >= 0.6 is 0 Å². The van der Waals surface area contributed by atoms with Crippen LogP contribution in [0.5, 0.6) is 0 Å². The first-order valence-electron chi connectivity index (χ1n) is 6.02. The van der Waals surface area contributed by atoms with Gasteiger partial charge in [0, 0.05) is 5.54 Å². The second kappa shape index (κ2) is 5.15. The van der Waals surface area contributed by atoms with Crippen molar-refractivity contribution in [1.29, 1.82) is 0 Å². The van der Waals surface area contributed by atoms with Crippen molar-refractivity contribution >= 4 is 10.0 Å². The minimum absolute atomic E-state index is 0.600. The van der Waals surface area contributed by atoms with E-state index in [-0.39, 0.29) is 0 Å². The molecule has 19 heavy (non-hydrogen) atoms. The number of benzene rings is 1. The van der Waals surface area contributed by atoms with Crippen molar-refractivity contribution in [2.45, 2.75) is 30.2 Å². The Kier molecular flexibility index (Phi) is 3.89. The summed E-state index contributed by atoms with van der Waals surface area (Å²) >= 11 is 0. The van der Waals surface area contributed by atoms with E-state index in [0.29, 0.717) is 32.0 Å². The molecule has 0 saturated carbocycles. The van der Waals surface area contributed by atoms with Crippen molar-refractivity contribution in [2.75, 3.05) is 13.1 Å². The van der Waals surface area contributed by atoms with Gasteiger partial charge in [-0.25, -0.2) is 21.9 Å². The van der Waals surface area contributed by atoms with Gasteiger partial charge in [-0.05, 0) is 51.1 Å². The van der Waals surface area contributed by atoms with Crippen molar-refractivity contribution in [2.24, 2.45) is 0 Å². The molecule has 2 N–H and O–H groups in total. The van der Waals surface area contributed by atoms with E-state index in [9.17, 15) is 17.2 Å². The van der Waals surface area contributed by atoms with E-state index in [1.165, 1.54) is 0 Å². The smallest absolute Gasteiger partial charge is 0.244 e. The largest absolute Gasteiger partial charge is 0.317 e. The molecular formula is C12H16F2N2O2S. The number of nitrogens with one attached hydrogen (secondary N) is 2. The van der Waals surface area contributed by atoms with Gasteiger partial charge in [-0.2, -0.15) is 0 Å². The maximum absolute atomic E-state index is 13.5. The van der Waals surface area contributed by atoms with E-state index in [0.717, 1.165) is 12.1 Å². The van der Waals surface area contributed by atoms with Crippen molar-refractivity contribution in [3.05, 3.63) is 29.8 Å². The fourth-order valence-corrected chi connectivity index (χ4v) is 3.70. The summed E-state index contributed by atoms with van der Waals surface area (Å²) in [6, 6.07) is 2.40. The van der Waals surface area contributed by atoms with Crippen LogP contribution in [0.4, 0.5) is 8.78 Å². The van der Waals surface area contributed by atoms with Gasteiger partial charge in [0.05, 0.1) is 0 Å². The molecule has 0 atom stereocenters. The Balaban J connectivity index is 2.29. The molecule has 0 spiro atoms. The zero-order valence-corrected chi connectivity index (χ0v) is 11.4. The van der Waals surface area contributed by atoms with Crippen LogP contribution in [-0.2, 0) is 10.0 Å². The molecule has 0 aromatic heterocycles. The lowest BCUT2D eigenvalue weighted by Gasteiger charge is -2.34. The number of hydrogen-bond acceptors (Lipinski definition) is 3. The minimum Gasteiger partial charge on any atom is -0.317 e. The van der Waals surface area contributed by atoms with E-state index in [4.69, 9.17) is 0 Å². The Bertz CT molecular complexity index is 569. The molecule has 1 saturated heterocycles. The molecular weight excluding hydrogens is 274 g/mol. The zero-order valence-electron chi connectivity index (χ0n) is 10.5. The monoisotopic (exact) mass is 290 g/mol. The summed E-state index contributed by atoms with van der Waals surface area (Å²) in [6.07, 6.45) is 1.20. The highest BCUT2D eigenvalue weighted by atomic mass is 32.2. The molecule has 7 heteroatoms. The molecule has 1 heterocycles. The Labute approximate surface area is 111 Å². The Morgan fingerprint density at radius 1 is 1.26 bits per heavy atom. The highest BCUT2D eigenvalue weighted by Gasteiger charge is 2.33. The number of sulfonamides is 1. The predicted molar refractivity (Wildman–Crippen MR) is 67.2 cm³/mol. The van der Waals surface area contributed by atoms with Crippen molar-refractivity contribution in [3.63, 3.8) is 0 Å². The number of rotatable bonds is 3. The molecule has 1 fully saturated rings. The van der Waals surface area contributed by atoms with Gasteiger partial charge in [0.15, 0.2) is 0 Å².